The van der Waals surface area contributed by atoms with Crippen molar-refractivity contribution in [2.75, 3.05) is 44.7 Å². The Hall–Kier alpha value is -7.37. The van der Waals surface area contributed by atoms with E-state index in [1.54, 1.807) is 54.6 Å². The number of aromatic nitrogens is 6. The molecule has 0 saturated carbocycles. The Morgan fingerprint density at radius 1 is 0.812 bits per heavy atom. The van der Waals surface area contributed by atoms with E-state index in [0.717, 1.165) is 17.1 Å². The second kappa shape index (κ2) is 25.4. The number of hydrogen-bond acceptors (Lipinski definition) is 19. The summed E-state index contributed by atoms with van der Waals surface area (Å²) in [5.41, 5.74) is -0.256. The molecule has 3 aromatic heterocycles. The molecule has 7 aromatic rings. The van der Waals surface area contributed by atoms with E-state index in [1.807, 2.05) is 60.7 Å². The first-order chi connectivity index (χ1) is 38.6. The summed E-state index contributed by atoms with van der Waals surface area (Å²) in [6, 6.07) is 35.0. The van der Waals surface area contributed by atoms with Crippen molar-refractivity contribution in [3.63, 3.8) is 0 Å². The lowest BCUT2D eigenvalue weighted by Crippen LogP contribution is -2.40. The van der Waals surface area contributed by atoms with Gasteiger partial charge in [0.1, 0.15) is 47.6 Å². The number of halogens is 2. The number of alkyl halides is 2. The minimum absolute atomic E-state index is 0.00757. The number of methoxy groups -OCH3 is 2. The highest BCUT2D eigenvalue weighted by Crippen LogP contribution is 2.55. The van der Waals surface area contributed by atoms with Crippen LogP contribution in [0.2, 0.25) is 0 Å². The molecule has 80 heavy (non-hydrogen) atoms. The maximum atomic E-state index is 18.1. The minimum Gasteiger partial charge on any atom is -0.497 e. The number of fused-ring (bicyclic) bond motifs is 1. The Balaban J connectivity index is 1.09. The molecule has 2 saturated heterocycles. The molecule has 2 amide bonds. The molecule has 2 fully saturated rings. The first-order valence-electron chi connectivity index (χ1n) is 24.4. The van der Waals surface area contributed by atoms with Crippen LogP contribution in [0.4, 0.5) is 20.4 Å². The smallest absolute Gasteiger partial charge is 0.497 e. The van der Waals surface area contributed by atoms with E-state index in [1.165, 1.54) is 38.1 Å². The standard InChI is InChI=1S/C52H49F2N9O14P2S/c1-31(64)59-40-23-25-62(51(66)60-40)49-41(53)44(76-78(67)68)39(75-49)28-73-79(80,72-26-10-24-55)77-45-38(74-50(42(45)54)63-30-58-43-46(56-29-57-47(43)63)61-48(65)32-11-6-4-7-12-32)27-71-52(33-13-8-5-9-14-33,34-15-19-36(69-2)20-16-34)35-17-21-37(70-3)22-18-35/h4-9,11-23,25,29-30,38-39,41-42,44-45,49-50H,10,26-28H2,1-3H3,(H2-,56,57,59,60,61,64,65,66,67,68)/p+1/t38-,39-,41-,42-,44-,45-,49-,50-,79?/m1/s1. The van der Waals surface area contributed by atoms with Gasteiger partial charge in [-0.05, 0) is 71.0 Å². The van der Waals surface area contributed by atoms with Crippen LogP contribution >= 0.6 is 15.0 Å². The van der Waals surface area contributed by atoms with E-state index >= 15 is 8.78 Å². The molecule has 0 radical (unpaired) electrons. The molecule has 28 heteroatoms. The van der Waals surface area contributed by atoms with E-state index in [-0.39, 0.29) is 29.2 Å². The zero-order chi connectivity index (χ0) is 56.6. The summed E-state index contributed by atoms with van der Waals surface area (Å²) in [4.78, 5) is 64.7. The number of carbonyl (C=O) groups excluding carboxylic acids is 2. The van der Waals surface area contributed by atoms with Gasteiger partial charge >= 0.3 is 20.7 Å². The van der Waals surface area contributed by atoms with Gasteiger partial charge in [0.25, 0.3) is 5.91 Å². The molecular formula is C52H50F2N9O14P2S+. The zero-order valence-corrected chi connectivity index (χ0v) is 45.2. The largest absolute Gasteiger partial charge is 0.695 e. The van der Waals surface area contributed by atoms with Crippen LogP contribution in [0.3, 0.4) is 0 Å². The third kappa shape index (κ3) is 12.5. The fraction of sp³-hybridized carbons (Fsp3) is 0.308. The number of ether oxygens (including phenoxy) is 5. The van der Waals surface area contributed by atoms with Crippen molar-refractivity contribution in [2.45, 2.75) is 68.2 Å². The quantitative estimate of drug-likeness (QED) is 0.0320. The highest BCUT2D eigenvalue weighted by Gasteiger charge is 2.54. The van der Waals surface area contributed by atoms with Gasteiger partial charge < -0.3 is 43.4 Å². The molecule has 23 nitrogen and oxygen atoms in total. The summed E-state index contributed by atoms with van der Waals surface area (Å²) >= 11 is 5.96. The van der Waals surface area contributed by atoms with Crippen LogP contribution in [0, 0.1) is 11.3 Å². The third-order valence-electron chi connectivity index (χ3n) is 12.8. The molecule has 0 aliphatic carbocycles. The van der Waals surface area contributed by atoms with Crippen molar-refractivity contribution in [1.82, 2.24) is 29.1 Å². The fourth-order valence-electron chi connectivity index (χ4n) is 9.11. The number of imidazole rings is 1. The van der Waals surface area contributed by atoms with E-state index in [9.17, 15) is 29.1 Å². The zero-order valence-electron chi connectivity index (χ0n) is 42.6. The molecule has 2 unspecified atom stereocenters. The van der Waals surface area contributed by atoms with Gasteiger partial charge in [-0.3, -0.25) is 23.2 Å². The van der Waals surface area contributed by atoms with Gasteiger partial charge in [-0.2, -0.15) is 10.2 Å². The molecule has 2 aliphatic rings. The average molecular weight is 1160 g/mol. The van der Waals surface area contributed by atoms with Crippen LogP contribution in [0.1, 0.15) is 52.8 Å². The van der Waals surface area contributed by atoms with E-state index in [4.69, 9.17) is 53.6 Å². The highest BCUT2D eigenvalue weighted by molar-refractivity contribution is 8.07. The molecule has 0 bridgehead atoms. The minimum atomic E-state index is -4.42. The molecule has 5 heterocycles. The van der Waals surface area contributed by atoms with E-state index < -0.39 is 107 Å². The van der Waals surface area contributed by atoms with Crippen molar-refractivity contribution < 1.29 is 69.6 Å². The summed E-state index contributed by atoms with van der Waals surface area (Å²) in [5.74, 6) is -0.0716. The summed E-state index contributed by atoms with van der Waals surface area (Å²) in [7, 11) is -0.431. The average Bonchev–Trinajstić information content (AvgIpc) is 4.28. The second-order valence-electron chi connectivity index (χ2n) is 17.7. The van der Waals surface area contributed by atoms with Crippen molar-refractivity contribution >= 4 is 61.4 Å². The SMILES string of the molecule is COc1ccc(C(OC[C@H]2O[C@@H](n3cnc4c(NC(=O)c5ccccc5)ncnc43)[C@H](F)[C@@H]2OP(=S)(OCCC#N)OC[C@H]2O[C@@H](n3ccc(NC(C)=O)nc3=O)[C@H](F)[C@@H]2O[P+](=O)O)(c2ccccc2)c2ccc(OC)cc2)cc1. The van der Waals surface area contributed by atoms with Crippen molar-refractivity contribution in [3.05, 3.63) is 167 Å². The van der Waals surface area contributed by atoms with Crippen LogP contribution in [-0.2, 0) is 59.1 Å². The van der Waals surface area contributed by atoms with Crippen molar-refractivity contribution in [1.29, 1.82) is 5.26 Å². The van der Waals surface area contributed by atoms with Gasteiger partial charge in [0.15, 0.2) is 47.9 Å². The molecule has 3 N–H and O–H groups in total. The Labute approximate surface area is 460 Å². The van der Waals surface area contributed by atoms with Gasteiger partial charge in [-0.1, -0.05) is 72.8 Å². The molecule has 4 aromatic carbocycles. The maximum absolute atomic E-state index is 18.1. The van der Waals surface area contributed by atoms with Crippen LogP contribution in [-0.4, -0.2) is 117 Å². The van der Waals surface area contributed by atoms with Crippen LogP contribution in [0.15, 0.2) is 139 Å². The molecule has 9 rings (SSSR count). The topological polar surface area (TPSA) is 281 Å². The van der Waals surface area contributed by atoms with Crippen molar-refractivity contribution in [3.8, 4) is 17.6 Å². The van der Waals surface area contributed by atoms with Gasteiger partial charge in [0.2, 0.25) is 5.91 Å². The Kier molecular flexibility index (Phi) is 18.2. The normalized spacial score (nSPS) is 21.8. The van der Waals surface area contributed by atoms with Crippen molar-refractivity contribution in [2.24, 2.45) is 0 Å². The predicted molar refractivity (Wildman–Crippen MR) is 284 cm³/mol. The Bertz CT molecular complexity index is 3430. The number of nitrogens with one attached hydrogen (secondary N) is 2. The number of nitrogens with zero attached hydrogens (tertiary/aromatic N) is 7. The second-order valence-corrected chi connectivity index (χ2v) is 21.4. The molecule has 2 aliphatic heterocycles. The van der Waals surface area contributed by atoms with Crippen LogP contribution in [0.5, 0.6) is 11.5 Å². The van der Waals surface area contributed by atoms with E-state index in [2.05, 4.69) is 30.6 Å². The third-order valence-corrected chi connectivity index (χ3v) is 15.6. The number of benzene rings is 4. The molecule has 0 spiro atoms. The summed E-state index contributed by atoms with van der Waals surface area (Å²) in [5, 5.41) is 14.6. The highest BCUT2D eigenvalue weighted by atomic mass is 32.5. The summed E-state index contributed by atoms with van der Waals surface area (Å²) in [6.07, 6.45) is -11.5. The number of amides is 2. The van der Waals surface area contributed by atoms with Gasteiger partial charge in [0, 0.05) is 23.2 Å². The molecule has 10 atom stereocenters. The van der Waals surface area contributed by atoms with Gasteiger partial charge in [-0.15, -0.1) is 9.42 Å². The number of nitriles is 1. The maximum Gasteiger partial charge on any atom is 0.695 e. The number of hydrogen-bond donors (Lipinski definition) is 3. The fourth-order valence-corrected chi connectivity index (χ4v) is 11.7. The lowest BCUT2D eigenvalue weighted by molar-refractivity contribution is -0.114. The number of anilines is 2. The van der Waals surface area contributed by atoms with E-state index in [0.29, 0.717) is 33.8 Å². The lowest BCUT2D eigenvalue weighted by atomic mass is 9.80. The van der Waals surface area contributed by atoms with Gasteiger partial charge in [0.05, 0.1) is 52.9 Å². The first kappa shape index (κ1) is 57.3. The number of carbonyl (C=O) groups is 2. The molecule has 416 valence electrons. The monoisotopic (exact) mass is 1160 g/mol. The molecular weight excluding hydrogens is 1110 g/mol. The Morgan fingerprint density at radius 3 is 2.01 bits per heavy atom. The van der Waals surface area contributed by atoms with Gasteiger partial charge in [-0.25, -0.2) is 28.5 Å². The lowest BCUT2D eigenvalue weighted by Gasteiger charge is -2.37. The summed E-state index contributed by atoms with van der Waals surface area (Å²) < 4.78 is 103. The number of rotatable bonds is 23. The Morgan fingerprint density at radius 2 is 1.41 bits per heavy atom. The van der Waals surface area contributed by atoms with Crippen LogP contribution < -0.4 is 25.8 Å². The predicted octanol–water partition coefficient (Wildman–Crippen LogP) is 7.38. The van der Waals surface area contributed by atoms with Crippen LogP contribution in [0.25, 0.3) is 11.2 Å². The summed E-state index contributed by atoms with van der Waals surface area (Å²) in [6.45, 7) is -4.94. The first-order valence-corrected chi connectivity index (χ1v) is 28.1.